The number of nitrogens with two attached hydrogens (primary N) is 1. The minimum Gasteiger partial charge on any atom is -0.484 e. The van der Waals surface area contributed by atoms with Crippen LogP contribution in [0.25, 0.3) is 0 Å². The maximum Gasteiger partial charge on any atom is 0.136 e. The van der Waals surface area contributed by atoms with Crippen molar-refractivity contribution in [3.8, 4) is 5.75 Å². The van der Waals surface area contributed by atoms with Crippen LogP contribution in [-0.2, 0) is 0 Å². The summed E-state index contributed by atoms with van der Waals surface area (Å²) in [5, 5.41) is 0. The molecule has 1 aromatic heterocycles. The Kier molecular flexibility index (Phi) is 2.57. The highest BCUT2D eigenvalue weighted by Gasteiger charge is 2.28. The van der Waals surface area contributed by atoms with Gasteiger partial charge in [0.15, 0.2) is 0 Å². The quantitative estimate of drug-likeness (QED) is 0.846. The van der Waals surface area contributed by atoms with E-state index in [1.165, 1.54) is 12.1 Å². The molecule has 0 fully saturated rings. The van der Waals surface area contributed by atoms with Crippen molar-refractivity contribution >= 4 is 11.3 Å². The Labute approximate surface area is 102 Å². The minimum atomic E-state index is -0.279. The molecule has 0 saturated heterocycles. The van der Waals surface area contributed by atoms with E-state index in [2.05, 4.69) is 4.98 Å². The first-order valence-corrected chi connectivity index (χ1v) is 6.22. The highest BCUT2D eigenvalue weighted by molar-refractivity contribution is 7.09. The molecule has 88 valence electrons. The van der Waals surface area contributed by atoms with Crippen molar-refractivity contribution in [2.24, 2.45) is 5.73 Å². The number of hydrogen-bond acceptors (Lipinski definition) is 4. The number of ether oxygens (including phenoxy) is 1. The van der Waals surface area contributed by atoms with Gasteiger partial charge in [-0.05, 0) is 18.2 Å². The summed E-state index contributed by atoms with van der Waals surface area (Å²) >= 11 is 1.54. The van der Waals surface area contributed by atoms with Crippen molar-refractivity contribution < 1.29 is 9.13 Å². The molecule has 0 spiro atoms. The maximum absolute atomic E-state index is 13.1. The molecule has 2 heterocycles. The third-order valence-corrected chi connectivity index (χ3v) is 3.74. The Morgan fingerprint density at radius 1 is 1.47 bits per heavy atom. The largest absolute Gasteiger partial charge is 0.484 e. The van der Waals surface area contributed by atoms with E-state index in [9.17, 15) is 4.39 Å². The average molecular weight is 250 g/mol. The van der Waals surface area contributed by atoms with Crippen LogP contribution in [0.5, 0.6) is 5.75 Å². The van der Waals surface area contributed by atoms with Crippen molar-refractivity contribution in [3.05, 3.63) is 46.2 Å². The number of fused-ring (bicyclic) bond motifs is 1. The highest BCUT2D eigenvalue weighted by atomic mass is 32.1. The second-order valence-electron chi connectivity index (χ2n) is 4.03. The molecule has 5 heteroatoms. The first kappa shape index (κ1) is 10.7. The molecule has 0 saturated carbocycles. The summed E-state index contributed by atoms with van der Waals surface area (Å²) in [6.45, 7) is 0. The van der Waals surface area contributed by atoms with Crippen LogP contribution in [0, 0.1) is 5.82 Å². The van der Waals surface area contributed by atoms with Crippen LogP contribution in [0.4, 0.5) is 4.39 Å². The SMILES string of the molecule is NC1CC(c2cncs2)Oc2ccc(F)cc21. The van der Waals surface area contributed by atoms with Gasteiger partial charge in [-0.1, -0.05) is 0 Å². The molecular weight excluding hydrogens is 239 g/mol. The summed E-state index contributed by atoms with van der Waals surface area (Å²) in [5.74, 6) is 0.391. The molecule has 1 aliphatic rings. The van der Waals surface area contributed by atoms with E-state index in [1.54, 1.807) is 29.1 Å². The van der Waals surface area contributed by atoms with Gasteiger partial charge in [-0.2, -0.15) is 0 Å². The maximum atomic E-state index is 13.1. The van der Waals surface area contributed by atoms with Gasteiger partial charge in [0.2, 0.25) is 0 Å². The fraction of sp³-hybridized carbons (Fsp3) is 0.250. The zero-order valence-corrected chi connectivity index (χ0v) is 9.78. The number of nitrogens with zero attached hydrogens (tertiary/aromatic N) is 1. The molecule has 2 atom stereocenters. The van der Waals surface area contributed by atoms with Gasteiger partial charge in [0.05, 0.1) is 10.4 Å². The Hall–Kier alpha value is -1.46. The molecular formula is C12H11FN2OS. The van der Waals surface area contributed by atoms with Gasteiger partial charge in [-0.15, -0.1) is 11.3 Å². The van der Waals surface area contributed by atoms with Gasteiger partial charge in [0.1, 0.15) is 17.7 Å². The van der Waals surface area contributed by atoms with E-state index >= 15 is 0 Å². The molecule has 2 aromatic rings. The predicted molar refractivity (Wildman–Crippen MR) is 63.4 cm³/mol. The molecule has 17 heavy (non-hydrogen) atoms. The number of thiazole rings is 1. The first-order chi connectivity index (χ1) is 8.24. The number of aromatic nitrogens is 1. The fourth-order valence-corrected chi connectivity index (χ4v) is 2.70. The molecule has 2 N–H and O–H groups in total. The van der Waals surface area contributed by atoms with E-state index < -0.39 is 0 Å². The van der Waals surface area contributed by atoms with Gasteiger partial charge >= 0.3 is 0 Å². The Bertz CT molecular complexity index is 529. The third kappa shape index (κ3) is 1.92. The smallest absolute Gasteiger partial charge is 0.136 e. The summed E-state index contributed by atoms with van der Waals surface area (Å²) in [4.78, 5) is 5.08. The average Bonchev–Trinajstić information content (AvgIpc) is 2.83. The van der Waals surface area contributed by atoms with E-state index in [1.807, 2.05) is 0 Å². The Morgan fingerprint density at radius 3 is 3.12 bits per heavy atom. The number of halogens is 1. The predicted octanol–water partition coefficient (Wildman–Crippen LogP) is 2.81. The topological polar surface area (TPSA) is 48.1 Å². The summed E-state index contributed by atoms with van der Waals surface area (Å²) < 4.78 is 18.9. The van der Waals surface area contributed by atoms with Crippen molar-refractivity contribution in [2.45, 2.75) is 18.6 Å². The van der Waals surface area contributed by atoms with Gasteiger partial charge in [0, 0.05) is 24.2 Å². The standard InChI is InChI=1S/C12H11FN2OS/c13-7-1-2-10-8(3-7)9(14)4-11(16-10)12-5-15-6-17-12/h1-3,5-6,9,11H,4,14H2. The summed E-state index contributed by atoms with van der Waals surface area (Å²) in [6.07, 6.45) is 2.37. The van der Waals surface area contributed by atoms with Crippen LogP contribution in [-0.4, -0.2) is 4.98 Å². The second kappa shape index (κ2) is 4.09. The second-order valence-corrected chi connectivity index (χ2v) is 4.95. The summed E-state index contributed by atoms with van der Waals surface area (Å²) in [7, 11) is 0. The van der Waals surface area contributed by atoms with Gasteiger partial charge < -0.3 is 10.5 Å². The van der Waals surface area contributed by atoms with Crippen LogP contribution in [0.15, 0.2) is 29.9 Å². The number of rotatable bonds is 1. The third-order valence-electron chi connectivity index (χ3n) is 2.88. The lowest BCUT2D eigenvalue weighted by Crippen LogP contribution is -2.23. The van der Waals surface area contributed by atoms with Gasteiger partial charge in [0.25, 0.3) is 0 Å². The Morgan fingerprint density at radius 2 is 2.35 bits per heavy atom. The van der Waals surface area contributed by atoms with Gasteiger partial charge in [-0.3, -0.25) is 4.98 Å². The van der Waals surface area contributed by atoms with Crippen LogP contribution < -0.4 is 10.5 Å². The van der Waals surface area contributed by atoms with Crippen LogP contribution in [0.2, 0.25) is 0 Å². The molecule has 0 amide bonds. The normalized spacial score (nSPS) is 22.9. The highest BCUT2D eigenvalue weighted by Crippen LogP contribution is 2.40. The van der Waals surface area contributed by atoms with Crippen LogP contribution >= 0.6 is 11.3 Å². The zero-order chi connectivity index (χ0) is 11.8. The van der Waals surface area contributed by atoms with Crippen LogP contribution in [0.3, 0.4) is 0 Å². The molecule has 1 aliphatic heterocycles. The molecule has 3 nitrogen and oxygen atoms in total. The number of benzene rings is 1. The van der Waals surface area contributed by atoms with E-state index in [4.69, 9.17) is 10.5 Å². The summed E-state index contributed by atoms with van der Waals surface area (Å²) in [6, 6.07) is 4.28. The van der Waals surface area contributed by atoms with E-state index in [0.717, 1.165) is 10.4 Å². The molecule has 1 aromatic carbocycles. The summed E-state index contributed by atoms with van der Waals surface area (Å²) in [5.41, 5.74) is 8.56. The van der Waals surface area contributed by atoms with Crippen LogP contribution in [0.1, 0.15) is 29.0 Å². The minimum absolute atomic E-state index is 0.0736. The molecule has 3 rings (SSSR count). The van der Waals surface area contributed by atoms with Crippen molar-refractivity contribution in [1.82, 2.24) is 4.98 Å². The monoisotopic (exact) mass is 250 g/mol. The molecule has 0 radical (unpaired) electrons. The zero-order valence-electron chi connectivity index (χ0n) is 8.97. The fourth-order valence-electron chi connectivity index (χ4n) is 2.03. The molecule has 0 aliphatic carbocycles. The van der Waals surface area contributed by atoms with E-state index in [0.29, 0.717) is 12.2 Å². The van der Waals surface area contributed by atoms with Gasteiger partial charge in [-0.25, -0.2) is 4.39 Å². The lowest BCUT2D eigenvalue weighted by Gasteiger charge is -2.29. The number of hydrogen-bond donors (Lipinski definition) is 1. The molecule has 0 bridgehead atoms. The van der Waals surface area contributed by atoms with Crippen molar-refractivity contribution in [2.75, 3.05) is 0 Å². The lowest BCUT2D eigenvalue weighted by atomic mass is 9.97. The van der Waals surface area contributed by atoms with Crippen molar-refractivity contribution in [1.29, 1.82) is 0 Å². The first-order valence-electron chi connectivity index (χ1n) is 5.34. The van der Waals surface area contributed by atoms with Crippen molar-refractivity contribution in [3.63, 3.8) is 0 Å². The lowest BCUT2D eigenvalue weighted by molar-refractivity contribution is 0.164. The molecule has 2 unspecified atom stereocenters. The Balaban J connectivity index is 1.96. The van der Waals surface area contributed by atoms with E-state index in [-0.39, 0.29) is 18.0 Å².